The van der Waals surface area contributed by atoms with Gasteiger partial charge < -0.3 is 10.5 Å². The van der Waals surface area contributed by atoms with E-state index in [2.05, 4.69) is 0 Å². The average Bonchev–Trinajstić information content (AvgIpc) is 2.14. The van der Waals surface area contributed by atoms with Crippen LogP contribution in [-0.2, 0) is 4.74 Å². The number of carbonyl (C=O) groups is 2. The lowest BCUT2D eigenvalue weighted by Gasteiger charge is -2.20. The predicted molar refractivity (Wildman–Crippen MR) is 61.4 cm³/mol. The maximum absolute atomic E-state index is 11.8. The quantitative estimate of drug-likeness (QED) is 0.471. The van der Waals surface area contributed by atoms with E-state index in [1.165, 1.54) is 6.07 Å². The van der Waals surface area contributed by atoms with Gasteiger partial charge in [0.1, 0.15) is 5.60 Å². The van der Waals surface area contributed by atoms with Gasteiger partial charge in [0.2, 0.25) is 0 Å². The number of esters is 1. The maximum Gasteiger partial charge on any atom is 0.341 e. The lowest BCUT2D eigenvalue weighted by molar-refractivity contribution is 0.00695. The molecule has 0 amide bonds. The number of benzene rings is 1. The highest BCUT2D eigenvalue weighted by Gasteiger charge is 2.22. The first-order valence-corrected chi connectivity index (χ1v) is 4.92. The minimum atomic E-state index is -0.612. The number of ether oxygens (including phenoxy) is 1. The number of carbonyl (C=O) groups excluding carboxylic acids is 2. The van der Waals surface area contributed by atoms with Crippen molar-refractivity contribution in [1.82, 2.24) is 0 Å². The van der Waals surface area contributed by atoms with E-state index in [-0.39, 0.29) is 16.8 Å². The molecule has 0 saturated heterocycles. The van der Waals surface area contributed by atoms with Crippen molar-refractivity contribution in [3.63, 3.8) is 0 Å². The summed E-state index contributed by atoms with van der Waals surface area (Å²) in [7, 11) is 0. The summed E-state index contributed by atoms with van der Waals surface area (Å²) in [5.41, 5.74) is 5.67. The summed E-state index contributed by atoms with van der Waals surface area (Å²) in [5, 5.41) is 0. The molecule has 0 fully saturated rings. The number of rotatable bonds is 2. The summed E-state index contributed by atoms with van der Waals surface area (Å²) in [4.78, 5) is 22.6. The van der Waals surface area contributed by atoms with E-state index in [9.17, 15) is 9.59 Å². The van der Waals surface area contributed by atoms with Crippen molar-refractivity contribution < 1.29 is 14.3 Å². The van der Waals surface area contributed by atoms with Crippen molar-refractivity contribution in [1.29, 1.82) is 0 Å². The topological polar surface area (TPSA) is 69.4 Å². The third-order valence-electron chi connectivity index (χ3n) is 1.86. The molecule has 0 spiro atoms. The van der Waals surface area contributed by atoms with E-state index >= 15 is 0 Å². The van der Waals surface area contributed by atoms with Gasteiger partial charge in [-0.05, 0) is 26.8 Å². The van der Waals surface area contributed by atoms with Crippen LogP contribution in [0, 0.1) is 0 Å². The summed E-state index contributed by atoms with van der Waals surface area (Å²) in [5.74, 6) is -0.576. The Kier molecular flexibility index (Phi) is 3.32. The van der Waals surface area contributed by atoms with Crippen LogP contribution in [0.5, 0.6) is 0 Å². The molecule has 86 valence electrons. The molecule has 0 saturated carbocycles. The second-order valence-electron chi connectivity index (χ2n) is 4.43. The molecule has 4 nitrogen and oxygen atoms in total. The number of hydrogen-bond donors (Lipinski definition) is 1. The lowest BCUT2D eigenvalue weighted by atomic mass is 10.1. The van der Waals surface area contributed by atoms with Gasteiger partial charge >= 0.3 is 5.97 Å². The van der Waals surface area contributed by atoms with Gasteiger partial charge in [-0.2, -0.15) is 0 Å². The molecular formula is C12H15NO3. The summed E-state index contributed by atoms with van der Waals surface area (Å²) in [6.45, 7) is 5.26. The average molecular weight is 221 g/mol. The molecular weight excluding hydrogens is 206 g/mol. The van der Waals surface area contributed by atoms with Gasteiger partial charge in [-0.25, -0.2) is 4.79 Å². The molecule has 1 rings (SSSR count). The third kappa shape index (κ3) is 2.82. The van der Waals surface area contributed by atoms with Crippen LogP contribution in [0.4, 0.5) is 5.69 Å². The Morgan fingerprint density at radius 2 is 2.00 bits per heavy atom. The molecule has 0 aliphatic carbocycles. The van der Waals surface area contributed by atoms with E-state index < -0.39 is 11.6 Å². The molecule has 1 aromatic carbocycles. The Bertz CT molecular complexity index is 419. The fraction of sp³-hybridized carbons (Fsp3) is 0.333. The standard InChI is InChI=1S/C12H15NO3/c1-12(2,3)16-11(15)10-8(7-14)5-4-6-9(10)13/h4-7H,13H2,1-3H3. The summed E-state index contributed by atoms with van der Waals surface area (Å²) >= 11 is 0. The number of anilines is 1. The van der Waals surface area contributed by atoms with E-state index in [0.717, 1.165) is 0 Å². The Morgan fingerprint density at radius 1 is 1.38 bits per heavy atom. The normalized spacial score (nSPS) is 10.9. The molecule has 16 heavy (non-hydrogen) atoms. The van der Waals surface area contributed by atoms with Gasteiger partial charge in [0.15, 0.2) is 6.29 Å². The van der Waals surface area contributed by atoms with Gasteiger partial charge in [0.05, 0.1) is 5.56 Å². The zero-order chi connectivity index (χ0) is 12.3. The smallest absolute Gasteiger partial charge is 0.341 e. The van der Waals surface area contributed by atoms with E-state index in [0.29, 0.717) is 6.29 Å². The molecule has 1 aromatic rings. The number of hydrogen-bond acceptors (Lipinski definition) is 4. The molecule has 0 heterocycles. The van der Waals surface area contributed by atoms with Gasteiger partial charge in [-0.15, -0.1) is 0 Å². The zero-order valence-corrected chi connectivity index (χ0v) is 9.61. The summed E-state index contributed by atoms with van der Waals surface area (Å²) in [6, 6.07) is 4.71. The summed E-state index contributed by atoms with van der Waals surface area (Å²) in [6.07, 6.45) is 0.593. The van der Waals surface area contributed by atoms with Crippen LogP contribution < -0.4 is 5.73 Å². The largest absolute Gasteiger partial charge is 0.456 e. The van der Waals surface area contributed by atoms with E-state index in [1.54, 1.807) is 32.9 Å². The van der Waals surface area contributed by atoms with Crippen molar-refractivity contribution in [2.45, 2.75) is 26.4 Å². The third-order valence-corrected chi connectivity index (χ3v) is 1.86. The first-order chi connectivity index (χ1) is 7.35. The Morgan fingerprint density at radius 3 is 2.50 bits per heavy atom. The van der Waals surface area contributed by atoms with Crippen LogP contribution >= 0.6 is 0 Å². The first kappa shape index (κ1) is 12.2. The number of nitrogen functional groups attached to an aromatic ring is 1. The molecule has 0 radical (unpaired) electrons. The molecule has 0 aliphatic rings. The first-order valence-electron chi connectivity index (χ1n) is 4.92. The SMILES string of the molecule is CC(C)(C)OC(=O)c1c(N)cccc1C=O. The van der Waals surface area contributed by atoms with Gasteiger partial charge in [-0.3, -0.25) is 4.79 Å². The molecule has 2 N–H and O–H groups in total. The van der Waals surface area contributed by atoms with Gasteiger partial charge in [0.25, 0.3) is 0 Å². The minimum absolute atomic E-state index is 0.132. The molecule has 0 aromatic heterocycles. The molecule has 0 atom stereocenters. The van der Waals surface area contributed by atoms with Gasteiger partial charge in [-0.1, -0.05) is 12.1 Å². The molecule has 0 aliphatic heterocycles. The molecule has 4 heteroatoms. The second-order valence-corrected chi connectivity index (χ2v) is 4.43. The lowest BCUT2D eigenvalue weighted by Crippen LogP contribution is -2.25. The van der Waals surface area contributed by atoms with Crippen LogP contribution in [0.1, 0.15) is 41.5 Å². The van der Waals surface area contributed by atoms with Crippen molar-refractivity contribution >= 4 is 17.9 Å². The highest BCUT2D eigenvalue weighted by Crippen LogP contribution is 2.20. The Labute approximate surface area is 94.4 Å². The monoisotopic (exact) mass is 221 g/mol. The van der Waals surface area contributed by atoms with Crippen LogP contribution in [-0.4, -0.2) is 17.9 Å². The second kappa shape index (κ2) is 4.35. The van der Waals surface area contributed by atoms with Crippen LogP contribution in [0.15, 0.2) is 18.2 Å². The van der Waals surface area contributed by atoms with E-state index in [1.807, 2.05) is 0 Å². The van der Waals surface area contributed by atoms with Crippen molar-refractivity contribution in [2.24, 2.45) is 0 Å². The minimum Gasteiger partial charge on any atom is -0.456 e. The Balaban J connectivity index is 3.12. The zero-order valence-electron chi connectivity index (χ0n) is 9.61. The Hall–Kier alpha value is -1.84. The highest BCUT2D eigenvalue weighted by molar-refractivity contribution is 6.02. The van der Waals surface area contributed by atoms with Crippen molar-refractivity contribution in [2.75, 3.05) is 5.73 Å². The molecule has 0 bridgehead atoms. The van der Waals surface area contributed by atoms with Gasteiger partial charge in [0, 0.05) is 11.3 Å². The fourth-order valence-corrected chi connectivity index (χ4v) is 1.25. The highest BCUT2D eigenvalue weighted by atomic mass is 16.6. The summed E-state index contributed by atoms with van der Waals surface area (Å²) < 4.78 is 5.17. The van der Waals surface area contributed by atoms with Crippen molar-refractivity contribution in [3.8, 4) is 0 Å². The van der Waals surface area contributed by atoms with Crippen molar-refractivity contribution in [3.05, 3.63) is 29.3 Å². The number of aldehydes is 1. The maximum atomic E-state index is 11.8. The van der Waals surface area contributed by atoms with Crippen LogP contribution in [0.25, 0.3) is 0 Å². The number of nitrogens with two attached hydrogens (primary N) is 1. The molecule has 0 unspecified atom stereocenters. The predicted octanol–water partition coefficient (Wildman–Crippen LogP) is 2.04. The van der Waals surface area contributed by atoms with E-state index in [4.69, 9.17) is 10.5 Å². The van der Waals surface area contributed by atoms with Crippen LogP contribution in [0.2, 0.25) is 0 Å². The van der Waals surface area contributed by atoms with Crippen LogP contribution in [0.3, 0.4) is 0 Å². The fourth-order valence-electron chi connectivity index (χ4n) is 1.25.